The van der Waals surface area contributed by atoms with Crippen molar-refractivity contribution >= 4 is 27.9 Å². The molecular weight excluding hydrogens is 349 g/mol. The first-order valence-electron chi connectivity index (χ1n) is 5.25. The second-order valence-electron chi connectivity index (χ2n) is 4.04. The molecule has 1 unspecified atom stereocenters. The van der Waals surface area contributed by atoms with Crippen LogP contribution in [0.5, 0.6) is 0 Å². The van der Waals surface area contributed by atoms with Crippen LogP contribution in [0.2, 0.25) is 0 Å². The van der Waals surface area contributed by atoms with Crippen molar-refractivity contribution in [2.45, 2.75) is 19.0 Å². The average molecular weight is 363 g/mol. The van der Waals surface area contributed by atoms with Gasteiger partial charge < -0.3 is 24.0 Å². The van der Waals surface area contributed by atoms with Crippen molar-refractivity contribution in [2.75, 3.05) is 12.0 Å². The standard InChI is InChI=1S/C12H14NS2.HI/c1-14-12-13-7-10-5-3-2-4-9(10)6-11(13)8-15-12;/h2-5,11H,6-8H2,1H3;1H/q+1;/p-1. The van der Waals surface area contributed by atoms with E-state index in [1.165, 1.54) is 22.1 Å². The highest BCUT2D eigenvalue weighted by Gasteiger charge is 2.37. The summed E-state index contributed by atoms with van der Waals surface area (Å²) in [6.45, 7) is 1.12. The number of fused-ring (bicyclic) bond motifs is 2. The summed E-state index contributed by atoms with van der Waals surface area (Å²) >= 11 is 3.92. The van der Waals surface area contributed by atoms with Gasteiger partial charge in [0.15, 0.2) is 12.6 Å². The quantitative estimate of drug-likeness (QED) is 0.456. The zero-order chi connectivity index (χ0) is 10.3. The molecule has 2 aliphatic rings. The van der Waals surface area contributed by atoms with Crippen molar-refractivity contribution in [2.24, 2.45) is 0 Å². The summed E-state index contributed by atoms with van der Waals surface area (Å²) in [5.74, 6) is 1.27. The number of rotatable bonds is 0. The van der Waals surface area contributed by atoms with Crippen molar-refractivity contribution in [1.82, 2.24) is 0 Å². The molecule has 0 N–H and O–H groups in total. The molecule has 0 saturated heterocycles. The van der Waals surface area contributed by atoms with Crippen molar-refractivity contribution < 1.29 is 28.6 Å². The van der Waals surface area contributed by atoms with Crippen LogP contribution in [0.15, 0.2) is 24.3 Å². The van der Waals surface area contributed by atoms with E-state index in [1.54, 1.807) is 5.56 Å². The third-order valence-electron chi connectivity index (χ3n) is 3.16. The molecule has 0 amide bonds. The number of benzene rings is 1. The summed E-state index contributed by atoms with van der Waals surface area (Å²) in [5, 5.41) is 0. The highest BCUT2D eigenvalue weighted by atomic mass is 127. The Kier molecular flexibility index (Phi) is 4.24. The Hall–Kier alpha value is 0.320. The van der Waals surface area contributed by atoms with Crippen LogP contribution >= 0.6 is 23.5 Å². The summed E-state index contributed by atoms with van der Waals surface area (Å²) in [7, 11) is 0. The third-order valence-corrected chi connectivity index (χ3v) is 5.63. The normalized spacial score (nSPS) is 22.4. The second kappa shape index (κ2) is 5.31. The van der Waals surface area contributed by atoms with Gasteiger partial charge in [0.2, 0.25) is 0 Å². The van der Waals surface area contributed by atoms with Gasteiger partial charge in [0.1, 0.15) is 0 Å². The maximum absolute atomic E-state index is 2.58. The van der Waals surface area contributed by atoms with Crippen molar-refractivity contribution in [3.63, 3.8) is 0 Å². The molecular formula is C12H14INS2. The molecule has 0 aliphatic carbocycles. The maximum atomic E-state index is 2.58. The van der Waals surface area contributed by atoms with Gasteiger partial charge in [0.25, 0.3) is 4.38 Å². The number of hydrogen-bond acceptors (Lipinski definition) is 2. The van der Waals surface area contributed by atoms with Crippen LogP contribution in [-0.2, 0) is 13.0 Å². The van der Waals surface area contributed by atoms with Gasteiger partial charge in [-0.1, -0.05) is 36.0 Å². The lowest BCUT2D eigenvalue weighted by atomic mass is 9.96. The molecule has 0 radical (unpaired) electrons. The molecule has 86 valence electrons. The first-order chi connectivity index (χ1) is 7.38. The van der Waals surface area contributed by atoms with E-state index in [0.29, 0.717) is 0 Å². The Bertz CT molecular complexity index is 431. The molecule has 1 nitrogen and oxygen atoms in total. The van der Waals surface area contributed by atoms with E-state index in [2.05, 4.69) is 35.1 Å². The summed E-state index contributed by atoms with van der Waals surface area (Å²) in [6, 6.07) is 9.62. The molecule has 16 heavy (non-hydrogen) atoms. The Morgan fingerprint density at radius 1 is 1.31 bits per heavy atom. The van der Waals surface area contributed by atoms with E-state index in [4.69, 9.17) is 0 Å². The highest BCUT2D eigenvalue weighted by Crippen LogP contribution is 2.31. The first-order valence-corrected chi connectivity index (χ1v) is 7.46. The molecule has 1 atom stereocenters. The van der Waals surface area contributed by atoms with E-state index in [1.807, 2.05) is 23.5 Å². The van der Waals surface area contributed by atoms with E-state index in [9.17, 15) is 0 Å². The molecule has 0 aromatic heterocycles. The van der Waals surface area contributed by atoms with E-state index < -0.39 is 0 Å². The molecule has 0 spiro atoms. The molecule has 0 fully saturated rings. The van der Waals surface area contributed by atoms with Crippen LogP contribution in [0, 0.1) is 0 Å². The first kappa shape index (κ1) is 12.8. The molecule has 0 saturated carbocycles. The second-order valence-corrected chi connectivity index (χ2v) is 6.10. The summed E-state index contributed by atoms with van der Waals surface area (Å²) < 4.78 is 4.09. The molecule has 2 heterocycles. The Morgan fingerprint density at radius 2 is 2.06 bits per heavy atom. The minimum Gasteiger partial charge on any atom is -1.00 e. The van der Waals surface area contributed by atoms with Crippen LogP contribution in [0.25, 0.3) is 0 Å². The summed E-state index contributed by atoms with van der Waals surface area (Å²) in [5.41, 5.74) is 3.07. The van der Waals surface area contributed by atoms with Gasteiger partial charge in [0, 0.05) is 12.0 Å². The monoisotopic (exact) mass is 363 g/mol. The summed E-state index contributed by atoms with van der Waals surface area (Å²) in [6.07, 6.45) is 3.42. The smallest absolute Gasteiger partial charge is 0.270 e. The lowest BCUT2D eigenvalue weighted by molar-refractivity contribution is -0.572. The van der Waals surface area contributed by atoms with Gasteiger partial charge in [-0.15, -0.1) is 0 Å². The van der Waals surface area contributed by atoms with Crippen molar-refractivity contribution in [1.29, 1.82) is 0 Å². The van der Waals surface area contributed by atoms with Crippen LogP contribution in [-0.4, -0.2) is 27.0 Å². The van der Waals surface area contributed by atoms with Crippen LogP contribution < -0.4 is 24.0 Å². The van der Waals surface area contributed by atoms with Gasteiger partial charge in [0.05, 0.1) is 5.75 Å². The molecule has 3 rings (SSSR count). The van der Waals surface area contributed by atoms with Crippen molar-refractivity contribution in [3.8, 4) is 0 Å². The lowest BCUT2D eigenvalue weighted by Gasteiger charge is -2.19. The molecule has 4 heteroatoms. The van der Waals surface area contributed by atoms with Crippen LogP contribution in [0.1, 0.15) is 11.1 Å². The van der Waals surface area contributed by atoms with Gasteiger partial charge in [-0.05, 0) is 23.6 Å². The predicted octanol–water partition coefficient (Wildman–Crippen LogP) is -0.406. The largest absolute Gasteiger partial charge is 1.00 e. The fourth-order valence-corrected chi connectivity index (χ4v) is 4.51. The number of thioether (sulfide) groups is 2. The van der Waals surface area contributed by atoms with E-state index >= 15 is 0 Å². The average Bonchev–Trinajstić information content (AvgIpc) is 2.68. The zero-order valence-corrected chi connectivity index (χ0v) is 12.9. The van der Waals surface area contributed by atoms with Gasteiger partial charge in [-0.25, -0.2) is 4.58 Å². The number of nitrogens with zero attached hydrogens (tertiary/aromatic N) is 1. The minimum absolute atomic E-state index is 0. The van der Waals surface area contributed by atoms with Crippen LogP contribution in [0.3, 0.4) is 0 Å². The van der Waals surface area contributed by atoms with Gasteiger partial charge in [-0.3, -0.25) is 0 Å². The third kappa shape index (κ3) is 2.16. The Balaban J connectivity index is 0.000000963. The zero-order valence-electron chi connectivity index (χ0n) is 9.15. The fourth-order valence-electron chi connectivity index (χ4n) is 2.38. The molecule has 0 bridgehead atoms. The maximum Gasteiger partial charge on any atom is 0.270 e. The topological polar surface area (TPSA) is 3.01 Å². The molecule has 1 aromatic carbocycles. The molecule has 1 aromatic rings. The number of hydrogen-bond donors (Lipinski definition) is 0. The van der Waals surface area contributed by atoms with Crippen LogP contribution in [0.4, 0.5) is 0 Å². The predicted molar refractivity (Wildman–Crippen MR) is 68.9 cm³/mol. The Labute approximate surface area is 122 Å². The summed E-state index contributed by atoms with van der Waals surface area (Å²) in [4.78, 5) is 0. The molecule has 2 aliphatic heterocycles. The fraction of sp³-hybridized carbons (Fsp3) is 0.417. The number of halogens is 1. The minimum atomic E-state index is 0. The van der Waals surface area contributed by atoms with E-state index in [-0.39, 0.29) is 24.0 Å². The SMILES string of the molecule is CSC1=[N+]2Cc3ccccc3CC2CS1.[I-]. The highest BCUT2D eigenvalue weighted by molar-refractivity contribution is 8.38. The van der Waals surface area contributed by atoms with Gasteiger partial charge >= 0.3 is 0 Å². The lowest BCUT2D eigenvalue weighted by Crippen LogP contribution is -3.00. The van der Waals surface area contributed by atoms with Gasteiger partial charge in [-0.2, -0.15) is 0 Å². The Morgan fingerprint density at radius 3 is 2.81 bits per heavy atom. The van der Waals surface area contributed by atoms with Crippen molar-refractivity contribution in [3.05, 3.63) is 35.4 Å². The van der Waals surface area contributed by atoms with E-state index in [0.717, 1.165) is 12.6 Å².